The topological polar surface area (TPSA) is 43.1 Å². The first-order chi connectivity index (χ1) is 9.20. The molecule has 0 unspecified atom stereocenters. The minimum absolute atomic E-state index is 0.0133. The Kier molecular flexibility index (Phi) is 4.63. The first-order valence-corrected chi connectivity index (χ1v) is 7.32. The van der Waals surface area contributed by atoms with Crippen LogP contribution in [0.5, 0.6) is 0 Å². The predicted octanol–water partition coefficient (Wildman–Crippen LogP) is 4.00. The normalized spacial score (nSPS) is 10.4. The Bertz CT molecular complexity index is 563. The number of carbonyl (C=O) groups excluding carboxylic acids is 1. The van der Waals surface area contributed by atoms with Gasteiger partial charge in [0.1, 0.15) is 0 Å². The fraction of sp³-hybridized carbons (Fsp3) is 0.188. The van der Waals surface area contributed by atoms with Crippen LogP contribution in [0, 0.1) is 0 Å². The van der Waals surface area contributed by atoms with Crippen molar-refractivity contribution in [2.75, 3.05) is 11.5 Å². The van der Waals surface area contributed by atoms with Crippen LogP contribution < -0.4 is 5.73 Å². The van der Waals surface area contributed by atoms with Gasteiger partial charge in [0.05, 0.1) is 0 Å². The van der Waals surface area contributed by atoms with Gasteiger partial charge in [-0.2, -0.15) is 0 Å². The summed E-state index contributed by atoms with van der Waals surface area (Å²) >= 11 is 1.81. The molecule has 2 aromatic carbocycles. The molecule has 2 nitrogen and oxygen atoms in total. The molecule has 0 aliphatic rings. The number of benzene rings is 2. The van der Waals surface area contributed by atoms with Crippen molar-refractivity contribution in [1.82, 2.24) is 0 Å². The second kappa shape index (κ2) is 6.43. The molecule has 3 heteroatoms. The van der Waals surface area contributed by atoms with Crippen LogP contribution in [-0.2, 0) is 0 Å². The summed E-state index contributed by atoms with van der Waals surface area (Å²) in [5.74, 6) is 1.11. The molecule has 0 bridgehead atoms. The first kappa shape index (κ1) is 13.7. The van der Waals surface area contributed by atoms with E-state index in [1.807, 2.05) is 36.0 Å². The average molecular weight is 271 g/mol. The first-order valence-electron chi connectivity index (χ1n) is 6.34. The third kappa shape index (κ3) is 3.61. The van der Waals surface area contributed by atoms with E-state index in [2.05, 4.69) is 6.92 Å². The molecule has 0 amide bonds. The standard InChI is InChI=1S/C16H17NOS/c1-2-10-19-15-8-6-12(7-9-15)16(18)13-4-3-5-14(17)11-13/h3-9,11H,2,10,17H2,1H3. The van der Waals surface area contributed by atoms with Gasteiger partial charge >= 0.3 is 0 Å². The van der Waals surface area contributed by atoms with Gasteiger partial charge in [0.25, 0.3) is 0 Å². The zero-order valence-electron chi connectivity index (χ0n) is 10.9. The van der Waals surface area contributed by atoms with Crippen molar-refractivity contribution in [2.24, 2.45) is 0 Å². The Morgan fingerprint density at radius 3 is 2.47 bits per heavy atom. The van der Waals surface area contributed by atoms with E-state index in [0.717, 1.165) is 12.2 Å². The van der Waals surface area contributed by atoms with E-state index in [9.17, 15) is 4.79 Å². The van der Waals surface area contributed by atoms with Crippen molar-refractivity contribution in [2.45, 2.75) is 18.2 Å². The van der Waals surface area contributed by atoms with Gasteiger partial charge in [0.2, 0.25) is 0 Å². The Balaban J connectivity index is 2.15. The number of hydrogen-bond acceptors (Lipinski definition) is 3. The number of anilines is 1. The molecule has 2 aromatic rings. The number of rotatable bonds is 5. The van der Waals surface area contributed by atoms with Crippen LogP contribution in [0.15, 0.2) is 53.4 Å². The molecule has 0 saturated carbocycles. The lowest BCUT2D eigenvalue weighted by Crippen LogP contribution is -2.01. The molecule has 0 atom stereocenters. The molecule has 0 spiro atoms. The van der Waals surface area contributed by atoms with E-state index >= 15 is 0 Å². The van der Waals surface area contributed by atoms with Crippen LogP contribution in [0.25, 0.3) is 0 Å². The van der Waals surface area contributed by atoms with Gasteiger partial charge in [0.15, 0.2) is 5.78 Å². The van der Waals surface area contributed by atoms with E-state index in [4.69, 9.17) is 5.73 Å². The molecule has 0 saturated heterocycles. The summed E-state index contributed by atoms with van der Waals surface area (Å²) in [6.07, 6.45) is 1.15. The van der Waals surface area contributed by atoms with Gasteiger partial charge in [-0.1, -0.05) is 19.1 Å². The summed E-state index contributed by atoms with van der Waals surface area (Å²) in [6.45, 7) is 2.16. The predicted molar refractivity (Wildman–Crippen MR) is 81.7 cm³/mol. The molecule has 2 N–H and O–H groups in total. The highest BCUT2D eigenvalue weighted by molar-refractivity contribution is 7.99. The molecule has 0 heterocycles. The van der Waals surface area contributed by atoms with Gasteiger partial charge in [-0.15, -0.1) is 11.8 Å². The fourth-order valence-electron chi connectivity index (χ4n) is 1.77. The summed E-state index contributed by atoms with van der Waals surface area (Å²) in [7, 11) is 0. The van der Waals surface area contributed by atoms with E-state index in [0.29, 0.717) is 16.8 Å². The molecule has 19 heavy (non-hydrogen) atoms. The van der Waals surface area contributed by atoms with Crippen molar-refractivity contribution in [1.29, 1.82) is 0 Å². The number of thioether (sulfide) groups is 1. The van der Waals surface area contributed by atoms with Crippen LogP contribution in [-0.4, -0.2) is 11.5 Å². The lowest BCUT2D eigenvalue weighted by Gasteiger charge is -2.04. The summed E-state index contributed by atoms with van der Waals surface area (Å²) in [4.78, 5) is 13.5. The van der Waals surface area contributed by atoms with Crippen LogP contribution >= 0.6 is 11.8 Å². The SMILES string of the molecule is CCCSc1ccc(C(=O)c2cccc(N)c2)cc1. The molecule has 0 aliphatic heterocycles. The zero-order chi connectivity index (χ0) is 13.7. The highest BCUT2D eigenvalue weighted by Gasteiger charge is 2.08. The monoisotopic (exact) mass is 271 g/mol. The van der Waals surface area contributed by atoms with Crippen LogP contribution in [0.4, 0.5) is 5.69 Å². The van der Waals surface area contributed by atoms with Gasteiger partial charge in [-0.3, -0.25) is 4.79 Å². The maximum absolute atomic E-state index is 12.3. The Hall–Kier alpha value is -1.74. The van der Waals surface area contributed by atoms with E-state index in [1.54, 1.807) is 24.3 Å². The number of nitrogen functional groups attached to an aromatic ring is 1. The van der Waals surface area contributed by atoms with Gasteiger partial charge in [0, 0.05) is 21.7 Å². The quantitative estimate of drug-likeness (QED) is 0.508. The van der Waals surface area contributed by atoms with E-state index in [-0.39, 0.29) is 5.78 Å². The molecular formula is C16H17NOS. The van der Waals surface area contributed by atoms with Crippen molar-refractivity contribution in [3.63, 3.8) is 0 Å². The van der Waals surface area contributed by atoms with Crippen molar-refractivity contribution in [3.05, 3.63) is 59.7 Å². The lowest BCUT2D eigenvalue weighted by molar-refractivity contribution is 0.103. The summed E-state index contributed by atoms with van der Waals surface area (Å²) in [5, 5.41) is 0. The summed E-state index contributed by atoms with van der Waals surface area (Å²) < 4.78 is 0. The summed E-state index contributed by atoms with van der Waals surface area (Å²) in [6, 6.07) is 14.8. The van der Waals surface area contributed by atoms with Crippen molar-refractivity contribution < 1.29 is 4.79 Å². The average Bonchev–Trinajstić information content (AvgIpc) is 2.45. The maximum Gasteiger partial charge on any atom is 0.193 e. The molecule has 98 valence electrons. The van der Waals surface area contributed by atoms with Crippen molar-refractivity contribution >= 4 is 23.2 Å². The minimum atomic E-state index is 0.0133. The molecule has 0 fully saturated rings. The molecular weight excluding hydrogens is 254 g/mol. The second-order valence-electron chi connectivity index (χ2n) is 4.33. The Labute approximate surface area is 118 Å². The Morgan fingerprint density at radius 2 is 1.84 bits per heavy atom. The smallest absolute Gasteiger partial charge is 0.193 e. The summed E-state index contributed by atoms with van der Waals surface area (Å²) in [5.41, 5.74) is 7.64. The van der Waals surface area contributed by atoms with Crippen LogP contribution in [0.2, 0.25) is 0 Å². The van der Waals surface area contributed by atoms with Crippen molar-refractivity contribution in [3.8, 4) is 0 Å². The third-order valence-corrected chi connectivity index (χ3v) is 3.96. The van der Waals surface area contributed by atoms with E-state index in [1.165, 1.54) is 4.90 Å². The highest BCUT2D eigenvalue weighted by atomic mass is 32.2. The number of ketones is 1. The highest BCUT2D eigenvalue weighted by Crippen LogP contribution is 2.20. The zero-order valence-corrected chi connectivity index (χ0v) is 11.7. The van der Waals surface area contributed by atoms with Gasteiger partial charge < -0.3 is 5.73 Å². The minimum Gasteiger partial charge on any atom is -0.399 e. The lowest BCUT2D eigenvalue weighted by atomic mass is 10.0. The van der Waals surface area contributed by atoms with Crippen LogP contribution in [0.1, 0.15) is 29.3 Å². The largest absolute Gasteiger partial charge is 0.399 e. The maximum atomic E-state index is 12.3. The van der Waals surface area contributed by atoms with E-state index < -0.39 is 0 Å². The number of nitrogens with two attached hydrogens (primary N) is 1. The Morgan fingerprint density at radius 1 is 1.11 bits per heavy atom. The number of hydrogen-bond donors (Lipinski definition) is 1. The molecule has 0 radical (unpaired) electrons. The second-order valence-corrected chi connectivity index (χ2v) is 5.50. The number of carbonyl (C=O) groups is 1. The van der Waals surface area contributed by atoms with Gasteiger partial charge in [-0.25, -0.2) is 0 Å². The van der Waals surface area contributed by atoms with Gasteiger partial charge in [-0.05, 0) is 48.6 Å². The molecule has 0 aliphatic carbocycles. The molecule has 0 aromatic heterocycles. The fourth-order valence-corrected chi connectivity index (χ4v) is 2.54. The third-order valence-electron chi connectivity index (χ3n) is 2.74. The van der Waals surface area contributed by atoms with Crippen LogP contribution in [0.3, 0.4) is 0 Å². The molecule has 2 rings (SSSR count).